The Hall–Kier alpha value is -2.70. The highest BCUT2D eigenvalue weighted by Crippen LogP contribution is 2.17. The lowest BCUT2D eigenvalue weighted by atomic mass is 10.1. The van der Waals surface area contributed by atoms with Gasteiger partial charge in [0.1, 0.15) is 12.4 Å². The summed E-state index contributed by atoms with van der Waals surface area (Å²) in [5.74, 6) is 0.732. The van der Waals surface area contributed by atoms with Crippen molar-refractivity contribution >= 4 is 11.7 Å². The van der Waals surface area contributed by atoms with Crippen molar-refractivity contribution in [1.82, 2.24) is 20.1 Å². The van der Waals surface area contributed by atoms with Gasteiger partial charge in [0, 0.05) is 31.4 Å². The van der Waals surface area contributed by atoms with Gasteiger partial charge in [-0.2, -0.15) is 5.10 Å². The predicted octanol–water partition coefficient (Wildman–Crippen LogP) is 0.732. The first-order valence-corrected chi connectivity index (χ1v) is 8.12. The van der Waals surface area contributed by atoms with Crippen LogP contribution >= 0.6 is 0 Å². The summed E-state index contributed by atoms with van der Waals surface area (Å²) in [7, 11) is 0. The molecule has 126 valence electrons. The summed E-state index contributed by atoms with van der Waals surface area (Å²) in [5.41, 5.74) is 0.441. The Morgan fingerprint density at radius 1 is 1.33 bits per heavy atom. The first-order chi connectivity index (χ1) is 11.6. The monoisotopic (exact) mass is 327 g/mol. The van der Waals surface area contributed by atoms with Crippen molar-refractivity contribution in [2.75, 3.05) is 18.0 Å². The van der Waals surface area contributed by atoms with Gasteiger partial charge in [-0.1, -0.05) is 6.07 Å². The number of carbonyl (C=O) groups is 1. The maximum atomic E-state index is 12.2. The van der Waals surface area contributed by atoms with Crippen molar-refractivity contribution in [2.24, 2.45) is 0 Å². The SMILES string of the molecule is Cc1ccc(=O)n(CC(=O)NC2CCCN(c3ccccn3)C2)n1. The van der Waals surface area contributed by atoms with E-state index in [1.807, 2.05) is 18.2 Å². The van der Waals surface area contributed by atoms with E-state index in [0.29, 0.717) is 5.69 Å². The Labute approximate surface area is 140 Å². The molecule has 7 heteroatoms. The third-order valence-corrected chi connectivity index (χ3v) is 4.05. The molecular weight excluding hydrogens is 306 g/mol. The van der Waals surface area contributed by atoms with Gasteiger partial charge < -0.3 is 10.2 Å². The van der Waals surface area contributed by atoms with Crippen molar-refractivity contribution in [3.63, 3.8) is 0 Å². The fraction of sp³-hybridized carbons (Fsp3) is 0.412. The number of nitrogens with zero attached hydrogens (tertiary/aromatic N) is 4. The van der Waals surface area contributed by atoms with Gasteiger partial charge in [-0.05, 0) is 38.0 Å². The molecule has 1 N–H and O–H groups in total. The van der Waals surface area contributed by atoms with Crippen LogP contribution in [0.3, 0.4) is 0 Å². The third-order valence-electron chi connectivity index (χ3n) is 4.05. The second-order valence-electron chi connectivity index (χ2n) is 6.01. The number of aromatic nitrogens is 3. The number of piperidine rings is 1. The van der Waals surface area contributed by atoms with Gasteiger partial charge in [0.25, 0.3) is 5.56 Å². The molecule has 1 unspecified atom stereocenters. The van der Waals surface area contributed by atoms with Gasteiger partial charge >= 0.3 is 0 Å². The highest BCUT2D eigenvalue weighted by atomic mass is 16.2. The summed E-state index contributed by atoms with van der Waals surface area (Å²) < 4.78 is 1.20. The van der Waals surface area contributed by atoms with Crippen LogP contribution in [0.25, 0.3) is 0 Å². The van der Waals surface area contributed by atoms with Crippen LogP contribution in [0.1, 0.15) is 18.5 Å². The minimum Gasteiger partial charge on any atom is -0.355 e. The first-order valence-electron chi connectivity index (χ1n) is 8.12. The molecule has 0 bridgehead atoms. The fourth-order valence-electron chi connectivity index (χ4n) is 2.92. The summed E-state index contributed by atoms with van der Waals surface area (Å²) in [6.45, 7) is 3.39. The minimum atomic E-state index is -0.269. The second-order valence-corrected chi connectivity index (χ2v) is 6.01. The Bertz CT molecular complexity index is 759. The van der Waals surface area contributed by atoms with Crippen LogP contribution in [0.5, 0.6) is 0 Å². The zero-order valence-electron chi connectivity index (χ0n) is 13.7. The number of rotatable bonds is 4. The van der Waals surface area contributed by atoms with Crippen LogP contribution in [0.4, 0.5) is 5.82 Å². The third kappa shape index (κ3) is 3.98. The standard InChI is InChI=1S/C17H21N5O2/c1-13-7-8-17(24)22(20-13)12-16(23)19-14-5-4-10-21(11-14)15-6-2-3-9-18-15/h2-3,6-9,14H,4-5,10-12H2,1H3,(H,19,23). The van der Waals surface area contributed by atoms with E-state index in [2.05, 4.69) is 20.3 Å². The van der Waals surface area contributed by atoms with E-state index in [0.717, 1.165) is 31.7 Å². The quantitative estimate of drug-likeness (QED) is 0.895. The summed E-state index contributed by atoms with van der Waals surface area (Å²) in [6, 6.07) is 8.94. The van der Waals surface area contributed by atoms with Crippen molar-refractivity contribution in [2.45, 2.75) is 32.4 Å². The molecule has 2 aromatic rings. The summed E-state index contributed by atoms with van der Waals surface area (Å²) >= 11 is 0. The lowest BCUT2D eigenvalue weighted by Gasteiger charge is -2.33. The number of hydrogen-bond donors (Lipinski definition) is 1. The van der Waals surface area contributed by atoms with E-state index < -0.39 is 0 Å². The maximum absolute atomic E-state index is 12.2. The molecule has 7 nitrogen and oxygen atoms in total. The Morgan fingerprint density at radius 2 is 2.21 bits per heavy atom. The van der Waals surface area contributed by atoms with Crippen molar-refractivity contribution in [3.8, 4) is 0 Å². The van der Waals surface area contributed by atoms with E-state index in [4.69, 9.17) is 0 Å². The zero-order chi connectivity index (χ0) is 16.9. The molecule has 24 heavy (non-hydrogen) atoms. The molecule has 1 aliphatic heterocycles. The molecule has 1 saturated heterocycles. The van der Waals surface area contributed by atoms with Gasteiger partial charge in [0.2, 0.25) is 5.91 Å². The van der Waals surface area contributed by atoms with Crippen LogP contribution in [0.2, 0.25) is 0 Å². The lowest BCUT2D eigenvalue weighted by Crippen LogP contribution is -2.49. The van der Waals surface area contributed by atoms with Crippen LogP contribution in [0, 0.1) is 6.92 Å². The number of nitrogens with one attached hydrogen (secondary N) is 1. The molecule has 2 aromatic heterocycles. The van der Waals surface area contributed by atoms with E-state index in [1.54, 1.807) is 19.2 Å². The Morgan fingerprint density at radius 3 is 3.00 bits per heavy atom. The van der Waals surface area contributed by atoms with Gasteiger partial charge in [-0.3, -0.25) is 9.59 Å². The van der Waals surface area contributed by atoms with Crippen molar-refractivity contribution in [1.29, 1.82) is 0 Å². The maximum Gasteiger partial charge on any atom is 0.267 e. The molecule has 0 spiro atoms. The summed E-state index contributed by atoms with van der Waals surface area (Å²) in [5, 5.41) is 7.10. The highest BCUT2D eigenvalue weighted by Gasteiger charge is 2.22. The Kier molecular flexibility index (Phi) is 4.88. The average Bonchev–Trinajstić information content (AvgIpc) is 2.59. The van der Waals surface area contributed by atoms with E-state index in [-0.39, 0.29) is 24.1 Å². The minimum absolute atomic E-state index is 0.0498. The smallest absolute Gasteiger partial charge is 0.267 e. The first kappa shape index (κ1) is 16.2. The molecule has 0 aromatic carbocycles. The van der Waals surface area contributed by atoms with Crippen molar-refractivity contribution in [3.05, 3.63) is 52.6 Å². The molecule has 3 rings (SSSR count). The largest absolute Gasteiger partial charge is 0.355 e. The summed E-state index contributed by atoms with van der Waals surface area (Å²) in [6.07, 6.45) is 3.68. The molecule has 0 aliphatic carbocycles. The van der Waals surface area contributed by atoms with Gasteiger partial charge in [0.05, 0.1) is 5.69 Å². The Balaban J connectivity index is 1.60. The van der Waals surface area contributed by atoms with Gasteiger partial charge in [-0.15, -0.1) is 0 Å². The number of aryl methyl sites for hydroxylation is 1. The molecule has 1 amide bonds. The van der Waals surface area contributed by atoms with Crippen LogP contribution in [-0.2, 0) is 11.3 Å². The van der Waals surface area contributed by atoms with Crippen molar-refractivity contribution < 1.29 is 4.79 Å². The number of carbonyl (C=O) groups excluding carboxylic acids is 1. The zero-order valence-corrected chi connectivity index (χ0v) is 13.7. The van der Waals surface area contributed by atoms with Crippen LogP contribution < -0.4 is 15.8 Å². The summed E-state index contributed by atoms with van der Waals surface area (Å²) in [4.78, 5) is 30.5. The average molecular weight is 327 g/mol. The molecule has 1 aliphatic rings. The molecule has 1 atom stereocenters. The lowest BCUT2D eigenvalue weighted by molar-refractivity contribution is -0.122. The molecule has 0 radical (unpaired) electrons. The fourth-order valence-corrected chi connectivity index (χ4v) is 2.92. The molecule has 0 saturated carbocycles. The van der Waals surface area contributed by atoms with Crippen LogP contribution in [-0.4, -0.2) is 39.8 Å². The van der Waals surface area contributed by atoms with E-state index in [1.165, 1.54) is 10.7 Å². The topological polar surface area (TPSA) is 80.1 Å². The normalized spacial score (nSPS) is 17.5. The highest BCUT2D eigenvalue weighted by molar-refractivity contribution is 5.76. The number of hydrogen-bond acceptors (Lipinski definition) is 5. The van der Waals surface area contributed by atoms with Crippen LogP contribution in [0.15, 0.2) is 41.3 Å². The predicted molar refractivity (Wildman–Crippen MR) is 90.8 cm³/mol. The number of amides is 1. The van der Waals surface area contributed by atoms with E-state index in [9.17, 15) is 9.59 Å². The molecular formula is C17H21N5O2. The number of pyridine rings is 1. The molecule has 3 heterocycles. The van der Waals surface area contributed by atoms with Gasteiger partial charge in [0.15, 0.2) is 0 Å². The molecule has 1 fully saturated rings. The van der Waals surface area contributed by atoms with E-state index >= 15 is 0 Å². The second kappa shape index (κ2) is 7.25. The van der Waals surface area contributed by atoms with Gasteiger partial charge in [-0.25, -0.2) is 9.67 Å². The number of anilines is 1.